The van der Waals surface area contributed by atoms with Crippen LogP contribution in [0.1, 0.15) is 40.0 Å². The number of Topliss-reactive ketones (excluding diaryl/α,β-unsaturated/α-hetero) is 1. The molecule has 0 aromatic carbocycles. The van der Waals surface area contributed by atoms with E-state index in [0.29, 0.717) is 11.7 Å². The van der Waals surface area contributed by atoms with Gasteiger partial charge in [0.05, 0.1) is 0 Å². The zero-order valence-electron chi connectivity index (χ0n) is 8.18. The molecule has 12 heavy (non-hydrogen) atoms. The molecule has 0 aromatic rings. The van der Waals surface area contributed by atoms with Gasteiger partial charge in [0.1, 0.15) is 5.78 Å². The summed E-state index contributed by atoms with van der Waals surface area (Å²) in [5.74, 6) is 1.19. The SMILES string of the molecule is CC12CCC(CC1=O)C2(C)C.[Ga]. The van der Waals surface area contributed by atoms with Gasteiger partial charge >= 0.3 is 0 Å². The molecule has 2 atom stereocenters. The first-order valence-electron chi connectivity index (χ1n) is 4.52. The van der Waals surface area contributed by atoms with Gasteiger partial charge in [-0.3, -0.25) is 4.79 Å². The Labute approximate surface area is 87.4 Å². The second kappa shape index (κ2) is 2.65. The summed E-state index contributed by atoms with van der Waals surface area (Å²) in [6, 6.07) is 0. The molecule has 2 aliphatic carbocycles. The molecule has 1 nitrogen and oxygen atoms in total. The third kappa shape index (κ3) is 0.911. The normalized spacial score (nSPS) is 42.9. The van der Waals surface area contributed by atoms with E-state index >= 15 is 0 Å². The summed E-state index contributed by atoms with van der Waals surface area (Å²) in [6.07, 6.45) is 3.25. The number of ketones is 1. The van der Waals surface area contributed by atoms with Gasteiger partial charge in [0.25, 0.3) is 0 Å². The van der Waals surface area contributed by atoms with Gasteiger partial charge in [0.2, 0.25) is 0 Å². The van der Waals surface area contributed by atoms with E-state index in [0.717, 1.165) is 12.8 Å². The van der Waals surface area contributed by atoms with Crippen molar-refractivity contribution >= 4 is 25.6 Å². The quantitative estimate of drug-likeness (QED) is 0.573. The maximum absolute atomic E-state index is 11.6. The molecule has 0 saturated heterocycles. The van der Waals surface area contributed by atoms with Crippen LogP contribution in [0.15, 0.2) is 0 Å². The standard InChI is InChI=1S/C10H16O.Ga/c1-9(2)7-4-5-10(9,3)8(11)6-7;/h7H,4-6H2,1-3H3;. The molecule has 0 aliphatic heterocycles. The Morgan fingerprint density at radius 2 is 1.92 bits per heavy atom. The number of carbonyl (C=O) groups excluding carboxylic acids is 1. The molecular formula is C10H16GaO. The molecule has 2 aliphatic rings. The maximum Gasteiger partial charge on any atom is 0.139 e. The molecule has 2 heteroatoms. The smallest absolute Gasteiger partial charge is 0.139 e. The molecule has 65 valence electrons. The van der Waals surface area contributed by atoms with Gasteiger partial charge in [-0.05, 0) is 24.2 Å². The van der Waals surface area contributed by atoms with Gasteiger partial charge in [-0.1, -0.05) is 20.8 Å². The predicted molar refractivity (Wildman–Crippen MR) is 50.0 cm³/mol. The van der Waals surface area contributed by atoms with E-state index in [1.54, 1.807) is 0 Å². The summed E-state index contributed by atoms with van der Waals surface area (Å²) in [7, 11) is 0. The van der Waals surface area contributed by atoms with Gasteiger partial charge < -0.3 is 0 Å². The number of rotatable bonds is 0. The first-order valence-corrected chi connectivity index (χ1v) is 4.52. The van der Waals surface area contributed by atoms with Crippen LogP contribution in [-0.2, 0) is 4.79 Å². The van der Waals surface area contributed by atoms with Crippen LogP contribution in [0.3, 0.4) is 0 Å². The van der Waals surface area contributed by atoms with Crippen LogP contribution in [0, 0.1) is 16.7 Å². The van der Waals surface area contributed by atoms with Crippen molar-refractivity contribution in [1.82, 2.24) is 0 Å². The molecule has 2 saturated carbocycles. The minimum atomic E-state index is 0. The number of hydrogen-bond donors (Lipinski definition) is 0. The van der Waals surface area contributed by atoms with Crippen molar-refractivity contribution in [3.63, 3.8) is 0 Å². The molecule has 2 rings (SSSR count). The van der Waals surface area contributed by atoms with E-state index in [1.807, 2.05) is 0 Å². The Kier molecular flexibility index (Phi) is 2.29. The minimum Gasteiger partial charge on any atom is -0.299 e. The second-order valence-corrected chi connectivity index (χ2v) is 4.92. The van der Waals surface area contributed by atoms with E-state index in [-0.39, 0.29) is 30.6 Å². The summed E-state index contributed by atoms with van der Waals surface area (Å²) in [4.78, 5) is 11.6. The Hall–Kier alpha value is 0.306. The number of carbonyl (C=O) groups is 1. The minimum absolute atomic E-state index is 0. The first-order chi connectivity index (χ1) is 4.98. The molecule has 0 amide bonds. The zero-order valence-corrected chi connectivity index (χ0v) is 10.6. The van der Waals surface area contributed by atoms with Crippen LogP contribution in [0.2, 0.25) is 0 Å². The Bertz CT molecular complexity index is 222. The van der Waals surface area contributed by atoms with Crippen molar-refractivity contribution in [2.24, 2.45) is 16.7 Å². The molecule has 2 bridgehead atoms. The summed E-state index contributed by atoms with van der Waals surface area (Å²) in [5, 5.41) is 0. The molecular weight excluding hydrogens is 206 g/mol. The van der Waals surface area contributed by atoms with Gasteiger partial charge in [-0.2, -0.15) is 0 Å². The van der Waals surface area contributed by atoms with Gasteiger partial charge in [-0.15, -0.1) is 0 Å². The van der Waals surface area contributed by atoms with Crippen LogP contribution in [0.25, 0.3) is 0 Å². The fraction of sp³-hybridized carbons (Fsp3) is 0.900. The fourth-order valence-corrected chi connectivity index (χ4v) is 2.90. The van der Waals surface area contributed by atoms with Gasteiger partial charge in [0, 0.05) is 31.6 Å². The van der Waals surface area contributed by atoms with E-state index in [4.69, 9.17) is 0 Å². The third-order valence-corrected chi connectivity index (χ3v) is 4.48. The topological polar surface area (TPSA) is 17.1 Å². The Balaban J connectivity index is 0.000000720. The molecule has 0 N–H and O–H groups in total. The number of fused-ring (bicyclic) bond motifs is 2. The molecule has 3 radical (unpaired) electrons. The average molecular weight is 222 g/mol. The van der Waals surface area contributed by atoms with E-state index in [9.17, 15) is 4.79 Å². The van der Waals surface area contributed by atoms with Crippen molar-refractivity contribution in [2.45, 2.75) is 40.0 Å². The fourth-order valence-electron chi connectivity index (χ4n) is 2.90. The molecule has 0 spiro atoms. The van der Waals surface area contributed by atoms with Crippen LogP contribution < -0.4 is 0 Å². The summed E-state index contributed by atoms with van der Waals surface area (Å²) >= 11 is 0. The van der Waals surface area contributed by atoms with Crippen LogP contribution in [-0.4, -0.2) is 25.6 Å². The Morgan fingerprint density at radius 3 is 2.08 bits per heavy atom. The van der Waals surface area contributed by atoms with Crippen LogP contribution >= 0.6 is 0 Å². The summed E-state index contributed by atoms with van der Waals surface area (Å²) in [6.45, 7) is 6.67. The molecule has 2 fully saturated rings. The van der Waals surface area contributed by atoms with Crippen molar-refractivity contribution in [3.8, 4) is 0 Å². The van der Waals surface area contributed by atoms with Gasteiger partial charge in [-0.25, -0.2) is 0 Å². The van der Waals surface area contributed by atoms with Crippen LogP contribution in [0.5, 0.6) is 0 Å². The molecule has 0 heterocycles. The molecule has 2 unspecified atom stereocenters. The van der Waals surface area contributed by atoms with Gasteiger partial charge in [0.15, 0.2) is 0 Å². The third-order valence-electron chi connectivity index (χ3n) is 4.48. The largest absolute Gasteiger partial charge is 0.299 e. The molecule has 0 aromatic heterocycles. The maximum atomic E-state index is 11.6. The Morgan fingerprint density at radius 1 is 1.33 bits per heavy atom. The zero-order chi connectivity index (χ0) is 8.28. The van der Waals surface area contributed by atoms with Crippen molar-refractivity contribution in [3.05, 3.63) is 0 Å². The van der Waals surface area contributed by atoms with Crippen molar-refractivity contribution < 1.29 is 4.79 Å². The second-order valence-electron chi connectivity index (χ2n) is 4.92. The first kappa shape index (κ1) is 10.4. The predicted octanol–water partition coefficient (Wildman–Crippen LogP) is 2.02. The van der Waals surface area contributed by atoms with Crippen molar-refractivity contribution in [1.29, 1.82) is 0 Å². The summed E-state index contributed by atoms with van der Waals surface area (Å²) in [5.41, 5.74) is 0.307. The van der Waals surface area contributed by atoms with Crippen molar-refractivity contribution in [2.75, 3.05) is 0 Å². The van der Waals surface area contributed by atoms with E-state index < -0.39 is 0 Å². The van der Waals surface area contributed by atoms with E-state index in [1.165, 1.54) is 6.42 Å². The van der Waals surface area contributed by atoms with E-state index in [2.05, 4.69) is 20.8 Å². The van der Waals surface area contributed by atoms with Crippen LogP contribution in [0.4, 0.5) is 0 Å². The monoisotopic (exact) mass is 221 g/mol. The number of hydrogen-bond acceptors (Lipinski definition) is 1. The summed E-state index contributed by atoms with van der Waals surface area (Å²) < 4.78 is 0. The average Bonchev–Trinajstić information content (AvgIpc) is 2.20.